The van der Waals surface area contributed by atoms with Gasteiger partial charge in [-0.3, -0.25) is 10.1 Å². The molecule has 6 nitrogen and oxygen atoms in total. The number of aliphatic carboxylic acids is 1. The first-order valence-electron chi connectivity index (χ1n) is 7.62. The van der Waals surface area contributed by atoms with Gasteiger partial charge < -0.3 is 10.0 Å². The average Bonchev–Trinajstić information content (AvgIpc) is 2.77. The summed E-state index contributed by atoms with van der Waals surface area (Å²) in [5, 5.41) is 13.7. The van der Waals surface area contributed by atoms with Crippen molar-refractivity contribution in [2.24, 2.45) is 11.8 Å². The van der Waals surface area contributed by atoms with E-state index in [2.05, 4.69) is 24.1 Å². The van der Waals surface area contributed by atoms with E-state index < -0.39 is 11.9 Å². The standard InChI is InChI=1S/C15H23N3O3S/c1-9(2)7-12-13(22-10(3)16-12)17-15(21)18-6-4-5-11(8-18)14(19)20/h9,11H,4-8H2,1-3H3,(H,17,21)(H,19,20). The summed E-state index contributed by atoms with van der Waals surface area (Å²) in [6.45, 7) is 7.03. The number of thiazole rings is 1. The molecule has 2 heterocycles. The van der Waals surface area contributed by atoms with Crippen molar-refractivity contribution in [1.82, 2.24) is 9.88 Å². The predicted molar refractivity (Wildman–Crippen MR) is 86.3 cm³/mol. The normalized spacial score (nSPS) is 18.5. The Morgan fingerprint density at radius 2 is 2.23 bits per heavy atom. The summed E-state index contributed by atoms with van der Waals surface area (Å²) >= 11 is 1.47. The molecule has 2 amide bonds. The van der Waals surface area contributed by atoms with E-state index in [1.165, 1.54) is 11.3 Å². The second-order valence-corrected chi connectivity index (χ2v) is 7.36. The number of urea groups is 1. The average molecular weight is 325 g/mol. The summed E-state index contributed by atoms with van der Waals surface area (Å²) in [6, 6.07) is -0.223. The Hall–Kier alpha value is -1.63. The summed E-state index contributed by atoms with van der Waals surface area (Å²) < 4.78 is 0. The van der Waals surface area contributed by atoms with Crippen LogP contribution in [0.1, 0.15) is 37.4 Å². The van der Waals surface area contributed by atoms with Crippen molar-refractivity contribution in [1.29, 1.82) is 0 Å². The van der Waals surface area contributed by atoms with E-state index in [1.807, 2.05) is 6.92 Å². The van der Waals surface area contributed by atoms with Gasteiger partial charge in [0.25, 0.3) is 0 Å². The number of likely N-dealkylation sites (tertiary alicyclic amines) is 1. The molecule has 7 heteroatoms. The quantitative estimate of drug-likeness (QED) is 0.891. The lowest BCUT2D eigenvalue weighted by Crippen LogP contribution is -2.44. The van der Waals surface area contributed by atoms with Gasteiger partial charge in [-0.2, -0.15) is 0 Å². The van der Waals surface area contributed by atoms with Crippen LogP contribution >= 0.6 is 11.3 Å². The molecule has 1 unspecified atom stereocenters. The smallest absolute Gasteiger partial charge is 0.322 e. The number of rotatable bonds is 4. The highest BCUT2D eigenvalue weighted by Gasteiger charge is 2.28. The summed E-state index contributed by atoms with van der Waals surface area (Å²) in [6.07, 6.45) is 2.18. The predicted octanol–water partition coefficient (Wildman–Crippen LogP) is 2.98. The highest BCUT2D eigenvalue weighted by atomic mass is 32.1. The minimum absolute atomic E-state index is 0.223. The molecule has 1 saturated heterocycles. The molecule has 2 N–H and O–H groups in total. The molecule has 2 rings (SSSR count). The van der Waals surface area contributed by atoms with Crippen LogP contribution in [-0.4, -0.2) is 40.1 Å². The van der Waals surface area contributed by atoms with Gasteiger partial charge in [0.2, 0.25) is 0 Å². The van der Waals surface area contributed by atoms with Crippen LogP contribution in [0.15, 0.2) is 0 Å². The van der Waals surface area contributed by atoms with Crippen LogP contribution in [0.5, 0.6) is 0 Å². The van der Waals surface area contributed by atoms with Crippen molar-refractivity contribution in [3.63, 3.8) is 0 Å². The van der Waals surface area contributed by atoms with Gasteiger partial charge in [0.1, 0.15) is 5.00 Å². The third-order valence-corrected chi connectivity index (χ3v) is 4.61. The molecule has 0 aliphatic carbocycles. The zero-order chi connectivity index (χ0) is 16.3. The first-order chi connectivity index (χ1) is 10.4. The van der Waals surface area contributed by atoms with Gasteiger partial charge in [-0.1, -0.05) is 13.8 Å². The van der Waals surface area contributed by atoms with Crippen LogP contribution in [0.2, 0.25) is 0 Å². The topological polar surface area (TPSA) is 82.5 Å². The fourth-order valence-electron chi connectivity index (χ4n) is 2.63. The van der Waals surface area contributed by atoms with Gasteiger partial charge in [0, 0.05) is 13.1 Å². The van der Waals surface area contributed by atoms with E-state index >= 15 is 0 Å². The van der Waals surface area contributed by atoms with E-state index in [9.17, 15) is 9.59 Å². The molecule has 22 heavy (non-hydrogen) atoms. The Morgan fingerprint density at radius 3 is 2.86 bits per heavy atom. The zero-order valence-corrected chi connectivity index (χ0v) is 14.1. The van der Waals surface area contributed by atoms with E-state index in [0.717, 1.165) is 28.5 Å². The molecule has 0 bridgehead atoms. The van der Waals surface area contributed by atoms with Crippen molar-refractivity contribution >= 4 is 28.3 Å². The maximum atomic E-state index is 12.4. The molecule has 0 spiro atoms. The van der Waals surface area contributed by atoms with Crippen molar-refractivity contribution in [3.05, 3.63) is 10.7 Å². The summed E-state index contributed by atoms with van der Waals surface area (Å²) in [5.74, 6) is -0.826. The number of nitrogens with one attached hydrogen (secondary N) is 1. The van der Waals surface area contributed by atoms with Crippen LogP contribution in [0.25, 0.3) is 0 Å². The number of aryl methyl sites for hydroxylation is 1. The lowest BCUT2D eigenvalue weighted by Gasteiger charge is -2.30. The van der Waals surface area contributed by atoms with Gasteiger partial charge in [-0.25, -0.2) is 9.78 Å². The van der Waals surface area contributed by atoms with Gasteiger partial charge in [0.05, 0.1) is 16.6 Å². The van der Waals surface area contributed by atoms with E-state index in [-0.39, 0.29) is 12.6 Å². The van der Waals surface area contributed by atoms with E-state index in [0.29, 0.717) is 18.9 Å². The minimum atomic E-state index is -0.827. The van der Waals surface area contributed by atoms with Crippen LogP contribution in [0.4, 0.5) is 9.80 Å². The second kappa shape index (κ2) is 7.09. The van der Waals surface area contributed by atoms with Crippen LogP contribution < -0.4 is 5.32 Å². The molecule has 1 aliphatic rings. The Bertz CT molecular complexity index is 556. The molecule has 0 saturated carbocycles. The van der Waals surface area contributed by atoms with E-state index in [4.69, 9.17) is 5.11 Å². The molecule has 1 atom stereocenters. The maximum absolute atomic E-state index is 12.4. The lowest BCUT2D eigenvalue weighted by molar-refractivity contribution is -0.143. The zero-order valence-electron chi connectivity index (χ0n) is 13.3. The largest absolute Gasteiger partial charge is 0.481 e. The minimum Gasteiger partial charge on any atom is -0.481 e. The number of hydrogen-bond acceptors (Lipinski definition) is 4. The number of piperidine rings is 1. The van der Waals surface area contributed by atoms with Crippen LogP contribution in [-0.2, 0) is 11.2 Å². The number of amides is 2. The molecular formula is C15H23N3O3S. The number of carboxylic acid groups (broad SMARTS) is 1. The maximum Gasteiger partial charge on any atom is 0.322 e. The Labute approximate surface area is 134 Å². The monoisotopic (exact) mass is 325 g/mol. The van der Waals surface area contributed by atoms with Crippen LogP contribution in [0, 0.1) is 18.8 Å². The highest BCUT2D eigenvalue weighted by Crippen LogP contribution is 2.27. The van der Waals surface area contributed by atoms with Crippen LogP contribution in [0.3, 0.4) is 0 Å². The van der Waals surface area contributed by atoms with Crippen molar-refractivity contribution in [2.45, 2.75) is 40.0 Å². The van der Waals surface area contributed by atoms with Gasteiger partial charge >= 0.3 is 12.0 Å². The number of nitrogens with zero attached hydrogens (tertiary/aromatic N) is 2. The third kappa shape index (κ3) is 4.19. The Balaban J connectivity index is 2.04. The number of carbonyl (C=O) groups excluding carboxylic acids is 1. The Morgan fingerprint density at radius 1 is 1.50 bits per heavy atom. The van der Waals surface area contributed by atoms with Gasteiger partial charge in [-0.05, 0) is 32.1 Å². The van der Waals surface area contributed by atoms with E-state index in [1.54, 1.807) is 4.90 Å². The number of carbonyl (C=O) groups is 2. The Kier molecular flexibility index (Phi) is 5.39. The number of anilines is 1. The summed E-state index contributed by atoms with van der Waals surface area (Å²) in [5.41, 5.74) is 0.914. The molecule has 0 aromatic carbocycles. The first kappa shape index (κ1) is 16.7. The summed E-state index contributed by atoms with van der Waals surface area (Å²) in [4.78, 5) is 29.6. The van der Waals surface area contributed by atoms with Gasteiger partial charge in [-0.15, -0.1) is 11.3 Å². The molecule has 1 aromatic rings. The molecular weight excluding hydrogens is 302 g/mol. The fourth-order valence-corrected chi connectivity index (χ4v) is 3.47. The SMILES string of the molecule is Cc1nc(CC(C)C)c(NC(=O)N2CCCC(C(=O)O)C2)s1. The third-order valence-electron chi connectivity index (χ3n) is 3.68. The molecule has 0 radical (unpaired) electrons. The van der Waals surface area contributed by atoms with Crippen molar-refractivity contribution in [2.75, 3.05) is 18.4 Å². The molecule has 122 valence electrons. The molecule has 1 fully saturated rings. The second-order valence-electron chi connectivity index (χ2n) is 6.16. The molecule has 1 aromatic heterocycles. The van der Waals surface area contributed by atoms with Crippen molar-refractivity contribution < 1.29 is 14.7 Å². The first-order valence-corrected chi connectivity index (χ1v) is 8.43. The fraction of sp³-hybridized carbons (Fsp3) is 0.667. The van der Waals surface area contributed by atoms with Gasteiger partial charge in [0.15, 0.2) is 0 Å². The number of carboxylic acids is 1. The lowest BCUT2D eigenvalue weighted by atomic mass is 9.99. The molecule has 1 aliphatic heterocycles. The summed E-state index contributed by atoms with van der Waals surface area (Å²) in [7, 11) is 0. The highest BCUT2D eigenvalue weighted by molar-refractivity contribution is 7.16. The van der Waals surface area contributed by atoms with Crippen molar-refractivity contribution in [3.8, 4) is 0 Å². The number of hydrogen-bond donors (Lipinski definition) is 2. The number of aromatic nitrogens is 1.